The van der Waals surface area contributed by atoms with E-state index < -0.39 is 10.3 Å². The van der Waals surface area contributed by atoms with Gasteiger partial charge < -0.3 is 0 Å². The average Bonchev–Trinajstić information content (AvgIpc) is 2.05. The van der Waals surface area contributed by atoms with Crippen LogP contribution < -0.4 is 0 Å². The monoisotopic (exact) mass is 182 g/mol. The maximum Gasteiger partial charge on any atom is 0.210 e. The molecule has 1 unspecified atom stereocenters. The fraction of sp³-hybridized carbons (Fsp3) is 0.222. The van der Waals surface area contributed by atoms with Crippen molar-refractivity contribution >= 4 is 15.7 Å². The Hall–Kier alpha value is -1.09. The summed E-state index contributed by atoms with van der Waals surface area (Å²) in [5.74, 6) is -0.0375. The topological polar surface area (TPSA) is 34.1 Å². The fourth-order valence-corrected chi connectivity index (χ4v) is 1.49. The van der Waals surface area contributed by atoms with Crippen molar-refractivity contribution in [3.05, 3.63) is 35.9 Å². The Kier molecular flexibility index (Phi) is 3.05. The Morgan fingerprint density at radius 3 is 2.33 bits per heavy atom. The zero-order valence-corrected chi connectivity index (χ0v) is 7.58. The van der Waals surface area contributed by atoms with Gasteiger partial charge in [-0.2, -0.15) is 8.42 Å². The maximum atomic E-state index is 10.3. The average molecular weight is 182 g/mol. The number of hydrogen-bond acceptors (Lipinski definition) is 2. The summed E-state index contributed by atoms with van der Waals surface area (Å²) in [7, 11) is -2.07. The summed E-state index contributed by atoms with van der Waals surface area (Å²) in [6.45, 7) is 1.85. The van der Waals surface area contributed by atoms with E-state index in [4.69, 9.17) is 0 Å². The van der Waals surface area contributed by atoms with Crippen LogP contribution in [0.15, 0.2) is 30.3 Å². The number of rotatable bonds is 2. The van der Waals surface area contributed by atoms with Gasteiger partial charge in [-0.1, -0.05) is 37.3 Å². The molecule has 12 heavy (non-hydrogen) atoms. The lowest BCUT2D eigenvalue weighted by Gasteiger charge is -2.02. The highest BCUT2D eigenvalue weighted by Gasteiger charge is 1.99. The van der Waals surface area contributed by atoms with E-state index in [1.807, 2.05) is 37.3 Å². The van der Waals surface area contributed by atoms with Gasteiger partial charge in [-0.3, -0.25) is 0 Å². The Bertz CT molecular complexity index is 357. The van der Waals surface area contributed by atoms with E-state index in [-0.39, 0.29) is 5.92 Å². The minimum absolute atomic E-state index is 0.0375. The zero-order chi connectivity index (χ0) is 8.97. The molecule has 0 aliphatic rings. The van der Waals surface area contributed by atoms with Gasteiger partial charge in [-0.25, -0.2) is 0 Å². The molecule has 0 fully saturated rings. The maximum absolute atomic E-state index is 10.3. The molecule has 0 spiro atoms. The molecule has 64 valence electrons. The van der Waals surface area contributed by atoms with E-state index in [9.17, 15) is 8.42 Å². The smallest absolute Gasteiger partial charge is 0.185 e. The van der Waals surface area contributed by atoms with Gasteiger partial charge >= 0.3 is 0 Å². The minimum atomic E-state index is -2.07. The summed E-state index contributed by atoms with van der Waals surface area (Å²) < 4.78 is 20.7. The van der Waals surface area contributed by atoms with Crippen molar-refractivity contribution in [2.45, 2.75) is 12.8 Å². The van der Waals surface area contributed by atoms with Crippen molar-refractivity contribution in [1.29, 1.82) is 0 Å². The Balaban J connectivity index is 2.93. The highest BCUT2D eigenvalue weighted by atomic mass is 32.2. The van der Waals surface area contributed by atoms with Gasteiger partial charge in [0.1, 0.15) is 0 Å². The first-order valence-corrected chi connectivity index (χ1v) is 4.82. The molecular formula is C9H10O2S. The van der Waals surface area contributed by atoms with Crippen LogP contribution in [0, 0.1) is 0 Å². The van der Waals surface area contributed by atoms with Crippen molar-refractivity contribution in [2.75, 3.05) is 0 Å². The highest BCUT2D eigenvalue weighted by molar-refractivity contribution is 7.71. The molecule has 1 atom stereocenters. The van der Waals surface area contributed by atoms with E-state index in [2.05, 4.69) is 0 Å². The molecule has 1 rings (SSSR count). The molecule has 0 amide bonds. The van der Waals surface area contributed by atoms with Crippen LogP contribution in [-0.4, -0.2) is 13.8 Å². The van der Waals surface area contributed by atoms with E-state index >= 15 is 0 Å². The second-order valence-electron chi connectivity index (χ2n) is 2.60. The second kappa shape index (κ2) is 4.07. The van der Waals surface area contributed by atoms with Crippen LogP contribution in [0.3, 0.4) is 0 Å². The largest absolute Gasteiger partial charge is 0.210 e. The molecule has 0 saturated carbocycles. The number of hydrogen-bond donors (Lipinski definition) is 0. The fourth-order valence-electron chi connectivity index (χ4n) is 1.00. The van der Waals surface area contributed by atoms with Gasteiger partial charge in [0.05, 0.1) is 0 Å². The molecule has 0 radical (unpaired) electrons. The Labute approximate surface area is 73.4 Å². The van der Waals surface area contributed by atoms with Crippen molar-refractivity contribution < 1.29 is 8.42 Å². The first-order valence-electron chi connectivity index (χ1n) is 3.68. The molecule has 2 nitrogen and oxygen atoms in total. The molecule has 1 aromatic rings. The number of benzene rings is 1. The molecule has 0 aliphatic carbocycles. The Morgan fingerprint density at radius 2 is 1.83 bits per heavy atom. The summed E-state index contributed by atoms with van der Waals surface area (Å²) in [5.41, 5.74) is 1.02. The molecule has 0 bridgehead atoms. The van der Waals surface area contributed by atoms with Crippen molar-refractivity contribution in [3.63, 3.8) is 0 Å². The van der Waals surface area contributed by atoms with Crippen LogP contribution >= 0.6 is 0 Å². The lowest BCUT2D eigenvalue weighted by atomic mass is 10.0. The minimum Gasteiger partial charge on any atom is -0.185 e. The summed E-state index contributed by atoms with van der Waals surface area (Å²) in [4.78, 5) is 0. The molecule has 0 aliphatic heterocycles. The predicted molar refractivity (Wildman–Crippen MR) is 49.8 cm³/mol. The Morgan fingerprint density at radius 1 is 1.25 bits per heavy atom. The van der Waals surface area contributed by atoms with E-state index in [1.54, 1.807) is 0 Å². The van der Waals surface area contributed by atoms with Crippen molar-refractivity contribution in [2.24, 2.45) is 0 Å². The lowest BCUT2D eigenvalue weighted by Crippen LogP contribution is -1.94. The van der Waals surface area contributed by atoms with Crippen molar-refractivity contribution in [3.8, 4) is 0 Å². The molecule has 0 aromatic heterocycles. The van der Waals surface area contributed by atoms with Gasteiger partial charge in [-0.05, 0) is 5.56 Å². The first kappa shape index (κ1) is 9.00. The lowest BCUT2D eigenvalue weighted by molar-refractivity contribution is 0.627. The highest BCUT2D eigenvalue weighted by Crippen LogP contribution is 2.10. The van der Waals surface area contributed by atoms with Crippen LogP contribution in [0.5, 0.6) is 0 Å². The quantitative estimate of drug-likeness (QED) is 0.649. The van der Waals surface area contributed by atoms with Crippen LogP contribution in [-0.2, 0) is 10.3 Å². The van der Waals surface area contributed by atoms with E-state index in [1.165, 1.54) is 5.37 Å². The summed E-state index contributed by atoms with van der Waals surface area (Å²) in [6, 6.07) is 9.52. The van der Waals surface area contributed by atoms with Gasteiger partial charge in [0, 0.05) is 11.3 Å². The molecular weight excluding hydrogens is 172 g/mol. The second-order valence-corrected chi connectivity index (χ2v) is 3.39. The van der Waals surface area contributed by atoms with Gasteiger partial charge in [0.2, 0.25) is 10.3 Å². The van der Waals surface area contributed by atoms with Crippen LogP contribution in [0.4, 0.5) is 0 Å². The normalized spacial score (nSPS) is 12.1. The van der Waals surface area contributed by atoms with Crippen LogP contribution in [0.1, 0.15) is 18.4 Å². The van der Waals surface area contributed by atoms with Crippen LogP contribution in [0.2, 0.25) is 0 Å². The summed E-state index contributed by atoms with van der Waals surface area (Å²) >= 11 is 0. The van der Waals surface area contributed by atoms with Crippen molar-refractivity contribution in [1.82, 2.24) is 0 Å². The third-order valence-electron chi connectivity index (χ3n) is 1.64. The van der Waals surface area contributed by atoms with Gasteiger partial charge in [-0.15, -0.1) is 0 Å². The van der Waals surface area contributed by atoms with Crippen LogP contribution in [0.25, 0.3) is 0 Å². The third-order valence-corrected chi connectivity index (χ3v) is 2.27. The zero-order valence-electron chi connectivity index (χ0n) is 6.77. The molecule has 1 aromatic carbocycles. The third kappa shape index (κ3) is 2.51. The van der Waals surface area contributed by atoms with E-state index in [0.717, 1.165) is 5.56 Å². The molecule has 0 N–H and O–H groups in total. The molecule has 0 saturated heterocycles. The van der Waals surface area contributed by atoms with E-state index in [0.29, 0.717) is 0 Å². The first-order chi connectivity index (χ1) is 5.70. The summed E-state index contributed by atoms with van der Waals surface area (Å²) in [5, 5.41) is 1.29. The standard InChI is InChI=1S/C9H10O2S/c1-8(7-12(10)11)9-5-3-2-4-6-9/h2-8H,1H3. The molecule has 0 heterocycles. The SMILES string of the molecule is CC(C=S(=O)=O)c1ccccc1. The predicted octanol–water partition coefficient (Wildman–Crippen LogP) is 1.47. The molecule has 3 heteroatoms. The summed E-state index contributed by atoms with van der Waals surface area (Å²) in [6.07, 6.45) is 0. The van der Waals surface area contributed by atoms with Gasteiger partial charge in [0.25, 0.3) is 0 Å². The van der Waals surface area contributed by atoms with Gasteiger partial charge in [0.15, 0.2) is 0 Å².